The maximum absolute atomic E-state index is 4.01. The molecule has 0 atom stereocenters. The van der Waals surface area contributed by atoms with E-state index < -0.39 is 0 Å². The maximum atomic E-state index is 4.01. The second-order valence-electron chi connectivity index (χ2n) is 1.88. The standard InChI is InChI=1S/C6H4N4S/c1-2-7-4-8-5(1)6-3-11-10-9-6/h1-4H. The molecule has 2 aromatic rings. The van der Waals surface area contributed by atoms with Crippen molar-refractivity contribution in [1.29, 1.82) is 0 Å². The molecular weight excluding hydrogens is 160 g/mol. The van der Waals surface area contributed by atoms with Gasteiger partial charge in [0.2, 0.25) is 0 Å². The van der Waals surface area contributed by atoms with Crippen molar-refractivity contribution in [2.75, 3.05) is 0 Å². The molecule has 0 aromatic carbocycles. The van der Waals surface area contributed by atoms with Crippen molar-refractivity contribution in [3.8, 4) is 11.4 Å². The Kier molecular flexibility index (Phi) is 1.57. The number of aromatic nitrogens is 4. The molecular formula is C6H4N4S. The van der Waals surface area contributed by atoms with Crippen molar-refractivity contribution in [2.45, 2.75) is 0 Å². The summed E-state index contributed by atoms with van der Waals surface area (Å²) in [5, 5.41) is 5.71. The topological polar surface area (TPSA) is 51.6 Å². The Balaban J connectivity index is 2.46. The first-order chi connectivity index (χ1) is 5.47. The van der Waals surface area contributed by atoms with Gasteiger partial charge in [-0.3, -0.25) is 0 Å². The van der Waals surface area contributed by atoms with Gasteiger partial charge >= 0.3 is 0 Å². The highest BCUT2D eigenvalue weighted by Gasteiger charge is 1.99. The highest BCUT2D eigenvalue weighted by molar-refractivity contribution is 7.03. The average Bonchev–Trinajstić information content (AvgIpc) is 2.58. The second kappa shape index (κ2) is 2.71. The minimum absolute atomic E-state index is 0.803. The molecule has 54 valence electrons. The summed E-state index contributed by atoms with van der Waals surface area (Å²) in [5.41, 5.74) is 1.62. The molecule has 4 nitrogen and oxygen atoms in total. The van der Waals surface area contributed by atoms with Gasteiger partial charge in [0.1, 0.15) is 12.0 Å². The highest BCUT2D eigenvalue weighted by atomic mass is 32.1. The van der Waals surface area contributed by atoms with E-state index in [1.54, 1.807) is 12.3 Å². The molecule has 2 rings (SSSR count). The van der Waals surface area contributed by atoms with Gasteiger partial charge in [-0.1, -0.05) is 4.49 Å². The minimum Gasteiger partial charge on any atom is -0.245 e. The van der Waals surface area contributed by atoms with Gasteiger partial charge < -0.3 is 0 Å². The van der Waals surface area contributed by atoms with Crippen LogP contribution in [-0.4, -0.2) is 19.6 Å². The number of rotatable bonds is 1. The van der Waals surface area contributed by atoms with Crippen molar-refractivity contribution in [3.63, 3.8) is 0 Å². The van der Waals surface area contributed by atoms with Crippen LogP contribution in [0.25, 0.3) is 11.4 Å². The SMILES string of the molecule is c1cc(-c2csnn2)ncn1. The summed E-state index contributed by atoms with van der Waals surface area (Å²) in [6.45, 7) is 0. The molecule has 2 aromatic heterocycles. The number of nitrogens with zero attached hydrogens (tertiary/aromatic N) is 4. The highest BCUT2D eigenvalue weighted by Crippen LogP contribution is 2.12. The third kappa shape index (κ3) is 1.22. The molecule has 0 aliphatic heterocycles. The Morgan fingerprint density at radius 1 is 1.27 bits per heavy atom. The minimum atomic E-state index is 0.803. The van der Waals surface area contributed by atoms with Gasteiger partial charge in [-0.2, -0.15) is 0 Å². The van der Waals surface area contributed by atoms with Crippen LogP contribution in [0.4, 0.5) is 0 Å². The van der Waals surface area contributed by atoms with Gasteiger partial charge in [0.15, 0.2) is 0 Å². The molecule has 0 radical (unpaired) electrons. The monoisotopic (exact) mass is 164 g/mol. The lowest BCUT2D eigenvalue weighted by molar-refractivity contribution is 1.11. The van der Waals surface area contributed by atoms with E-state index in [4.69, 9.17) is 0 Å². The van der Waals surface area contributed by atoms with E-state index in [0.29, 0.717) is 0 Å². The Labute approximate surface area is 67.1 Å². The molecule has 2 heterocycles. The Morgan fingerprint density at radius 2 is 2.27 bits per heavy atom. The molecule has 0 saturated carbocycles. The predicted molar refractivity (Wildman–Crippen MR) is 40.9 cm³/mol. The second-order valence-corrected chi connectivity index (χ2v) is 2.49. The molecule has 5 heteroatoms. The van der Waals surface area contributed by atoms with Crippen molar-refractivity contribution in [3.05, 3.63) is 24.0 Å². The summed E-state index contributed by atoms with van der Waals surface area (Å²) in [7, 11) is 0. The molecule has 0 spiro atoms. The third-order valence-electron chi connectivity index (χ3n) is 1.20. The average molecular weight is 164 g/mol. The first-order valence-corrected chi connectivity index (χ1v) is 3.84. The number of hydrogen-bond donors (Lipinski definition) is 0. The smallest absolute Gasteiger partial charge is 0.124 e. The van der Waals surface area contributed by atoms with Gasteiger partial charge in [-0.25, -0.2) is 9.97 Å². The van der Waals surface area contributed by atoms with Crippen LogP contribution in [0.1, 0.15) is 0 Å². The van der Waals surface area contributed by atoms with E-state index in [1.807, 2.05) is 5.38 Å². The first kappa shape index (κ1) is 6.36. The van der Waals surface area contributed by atoms with Crippen LogP contribution < -0.4 is 0 Å². The lowest BCUT2D eigenvalue weighted by atomic mass is 10.3. The summed E-state index contributed by atoms with van der Waals surface area (Å²) in [5.74, 6) is 0. The molecule has 0 bridgehead atoms. The fraction of sp³-hybridized carbons (Fsp3) is 0. The Hall–Kier alpha value is -1.36. The summed E-state index contributed by atoms with van der Waals surface area (Å²) < 4.78 is 3.73. The zero-order valence-electron chi connectivity index (χ0n) is 5.51. The fourth-order valence-electron chi connectivity index (χ4n) is 0.718. The van der Waals surface area contributed by atoms with Gasteiger partial charge in [0, 0.05) is 11.6 Å². The predicted octanol–water partition coefficient (Wildman–Crippen LogP) is 0.995. The van der Waals surface area contributed by atoms with Crippen LogP contribution in [0.5, 0.6) is 0 Å². The van der Waals surface area contributed by atoms with Crippen LogP contribution in [0.2, 0.25) is 0 Å². The molecule has 0 fully saturated rings. The van der Waals surface area contributed by atoms with Crippen LogP contribution in [-0.2, 0) is 0 Å². The van der Waals surface area contributed by atoms with E-state index in [0.717, 1.165) is 11.4 Å². The summed E-state index contributed by atoms with van der Waals surface area (Å²) in [4.78, 5) is 7.81. The zero-order valence-corrected chi connectivity index (χ0v) is 6.32. The molecule has 0 amide bonds. The molecule has 0 aliphatic carbocycles. The molecule has 0 aliphatic rings. The Bertz CT molecular complexity index is 318. The normalized spacial score (nSPS) is 9.82. The first-order valence-electron chi connectivity index (χ1n) is 3.00. The largest absolute Gasteiger partial charge is 0.245 e. The van der Waals surface area contributed by atoms with Gasteiger partial charge in [-0.05, 0) is 17.6 Å². The maximum Gasteiger partial charge on any atom is 0.124 e. The van der Waals surface area contributed by atoms with Crippen LogP contribution in [0.3, 0.4) is 0 Å². The van der Waals surface area contributed by atoms with Crippen molar-refractivity contribution >= 4 is 11.5 Å². The van der Waals surface area contributed by atoms with Crippen molar-refractivity contribution in [1.82, 2.24) is 19.6 Å². The van der Waals surface area contributed by atoms with Crippen molar-refractivity contribution < 1.29 is 0 Å². The van der Waals surface area contributed by atoms with Crippen LogP contribution in [0, 0.1) is 0 Å². The van der Waals surface area contributed by atoms with E-state index in [-0.39, 0.29) is 0 Å². The van der Waals surface area contributed by atoms with E-state index >= 15 is 0 Å². The molecule has 0 N–H and O–H groups in total. The van der Waals surface area contributed by atoms with Crippen LogP contribution in [0.15, 0.2) is 24.0 Å². The van der Waals surface area contributed by atoms with Crippen LogP contribution >= 0.6 is 11.5 Å². The van der Waals surface area contributed by atoms with Crippen molar-refractivity contribution in [2.24, 2.45) is 0 Å². The van der Waals surface area contributed by atoms with E-state index in [1.165, 1.54) is 17.9 Å². The van der Waals surface area contributed by atoms with Gasteiger partial charge in [-0.15, -0.1) is 5.10 Å². The van der Waals surface area contributed by atoms with Gasteiger partial charge in [0.25, 0.3) is 0 Å². The lowest BCUT2D eigenvalue weighted by Gasteiger charge is -1.89. The summed E-state index contributed by atoms with van der Waals surface area (Å²) >= 11 is 1.31. The molecule has 0 unspecified atom stereocenters. The quantitative estimate of drug-likeness (QED) is 0.630. The van der Waals surface area contributed by atoms with E-state index in [2.05, 4.69) is 19.6 Å². The third-order valence-corrected chi connectivity index (χ3v) is 1.71. The van der Waals surface area contributed by atoms with Gasteiger partial charge in [0.05, 0.1) is 5.69 Å². The van der Waals surface area contributed by atoms with E-state index in [9.17, 15) is 0 Å². The molecule has 0 saturated heterocycles. The molecule has 11 heavy (non-hydrogen) atoms. The number of hydrogen-bond acceptors (Lipinski definition) is 5. The lowest BCUT2D eigenvalue weighted by Crippen LogP contribution is -1.83. The zero-order chi connectivity index (χ0) is 7.52. The fourth-order valence-corrected chi connectivity index (χ4v) is 1.17. The summed E-state index contributed by atoms with van der Waals surface area (Å²) in [6.07, 6.45) is 3.18. The Morgan fingerprint density at radius 3 is 2.91 bits per heavy atom. The summed E-state index contributed by atoms with van der Waals surface area (Å²) in [6, 6.07) is 1.80.